The maximum absolute atomic E-state index is 13.7. The van der Waals surface area contributed by atoms with Gasteiger partial charge < -0.3 is 20.9 Å². The van der Waals surface area contributed by atoms with Crippen LogP contribution in [-0.4, -0.2) is 42.9 Å². The minimum atomic E-state index is -0.587. The Balaban J connectivity index is 1.60. The van der Waals surface area contributed by atoms with E-state index in [-0.39, 0.29) is 17.8 Å². The molecule has 1 aliphatic rings. The lowest BCUT2D eigenvalue weighted by molar-refractivity contribution is -0.127. The van der Waals surface area contributed by atoms with E-state index in [0.717, 1.165) is 37.7 Å². The summed E-state index contributed by atoms with van der Waals surface area (Å²) < 4.78 is 0. The van der Waals surface area contributed by atoms with Gasteiger partial charge in [0.05, 0.1) is 12.2 Å². The van der Waals surface area contributed by atoms with Gasteiger partial charge in [0.1, 0.15) is 6.04 Å². The molecule has 0 bridgehead atoms. The highest BCUT2D eigenvalue weighted by Gasteiger charge is 2.32. The van der Waals surface area contributed by atoms with Crippen LogP contribution < -0.4 is 20.9 Å². The van der Waals surface area contributed by atoms with Crippen LogP contribution in [0.5, 0.6) is 0 Å². The number of carbonyl (C=O) groups excluding carboxylic acids is 3. The van der Waals surface area contributed by atoms with E-state index in [0.29, 0.717) is 25.3 Å². The van der Waals surface area contributed by atoms with Gasteiger partial charge in [0, 0.05) is 35.6 Å². The Morgan fingerprint density at radius 2 is 1.84 bits per heavy atom. The van der Waals surface area contributed by atoms with Crippen molar-refractivity contribution in [2.45, 2.75) is 42.3 Å². The lowest BCUT2D eigenvalue weighted by atomic mass is 9.98. The zero-order chi connectivity index (χ0) is 27.1. The van der Waals surface area contributed by atoms with Gasteiger partial charge in [-0.2, -0.15) is 0 Å². The van der Waals surface area contributed by atoms with Crippen molar-refractivity contribution in [3.05, 3.63) is 77.9 Å². The molecule has 4 rings (SSSR count). The van der Waals surface area contributed by atoms with Crippen LogP contribution >= 0.6 is 23.5 Å². The number of thioether (sulfide) groups is 2. The molecule has 1 heterocycles. The summed E-state index contributed by atoms with van der Waals surface area (Å²) >= 11 is 3.27. The summed E-state index contributed by atoms with van der Waals surface area (Å²) in [5.41, 5.74) is 4.92. The molecule has 198 valence electrons. The lowest BCUT2D eigenvalue weighted by Crippen LogP contribution is -2.49. The Morgan fingerprint density at radius 1 is 1.08 bits per heavy atom. The summed E-state index contributed by atoms with van der Waals surface area (Å²) in [6.45, 7) is 2.59. The number of amides is 4. The highest BCUT2D eigenvalue weighted by atomic mass is 32.2. The van der Waals surface area contributed by atoms with E-state index in [1.54, 1.807) is 42.4 Å². The lowest BCUT2D eigenvalue weighted by Gasteiger charge is -2.26. The number of benzene rings is 3. The third-order valence-electron chi connectivity index (χ3n) is 6.37. The molecule has 38 heavy (non-hydrogen) atoms. The van der Waals surface area contributed by atoms with Crippen LogP contribution in [0.25, 0.3) is 11.1 Å². The predicted molar refractivity (Wildman–Crippen MR) is 156 cm³/mol. The van der Waals surface area contributed by atoms with E-state index < -0.39 is 6.04 Å². The van der Waals surface area contributed by atoms with Crippen LogP contribution in [0.1, 0.15) is 24.5 Å². The highest BCUT2D eigenvalue weighted by Crippen LogP contribution is 2.38. The first-order valence-electron chi connectivity index (χ1n) is 12.5. The van der Waals surface area contributed by atoms with Gasteiger partial charge in [-0.1, -0.05) is 55.5 Å². The van der Waals surface area contributed by atoms with Crippen molar-refractivity contribution in [1.82, 2.24) is 16.0 Å². The molecule has 0 fully saturated rings. The van der Waals surface area contributed by atoms with Crippen molar-refractivity contribution in [3.63, 3.8) is 0 Å². The molecule has 0 saturated heterocycles. The third-order valence-corrected chi connectivity index (χ3v) is 8.24. The average Bonchev–Trinajstić information content (AvgIpc) is 3.08. The summed E-state index contributed by atoms with van der Waals surface area (Å²) in [6, 6.07) is 21.4. The first-order valence-corrected chi connectivity index (χ1v) is 14.7. The highest BCUT2D eigenvalue weighted by molar-refractivity contribution is 8.00. The minimum Gasteiger partial charge on any atom is -0.343 e. The monoisotopic (exact) mass is 548 g/mol. The Bertz CT molecular complexity index is 1310. The molecular formula is C29H32N4O3S2. The van der Waals surface area contributed by atoms with E-state index in [1.165, 1.54) is 0 Å². The molecule has 0 spiro atoms. The van der Waals surface area contributed by atoms with Gasteiger partial charge in [-0.05, 0) is 46.7 Å². The third kappa shape index (κ3) is 6.52. The van der Waals surface area contributed by atoms with E-state index in [4.69, 9.17) is 0 Å². The Morgan fingerprint density at radius 3 is 2.55 bits per heavy atom. The van der Waals surface area contributed by atoms with Crippen molar-refractivity contribution in [3.8, 4) is 11.1 Å². The average molecular weight is 549 g/mol. The van der Waals surface area contributed by atoms with Crippen LogP contribution in [0.15, 0.2) is 76.5 Å². The van der Waals surface area contributed by atoms with Gasteiger partial charge in [-0.3, -0.25) is 9.59 Å². The Hall–Kier alpha value is -3.43. The van der Waals surface area contributed by atoms with Crippen molar-refractivity contribution < 1.29 is 14.4 Å². The van der Waals surface area contributed by atoms with Crippen molar-refractivity contribution in [1.29, 1.82) is 0 Å². The molecule has 4 amide bonds. The fourth-order valence-corrected chi connectivity index (χ4v) is 5.89. The Kier molecular flexibility index (Phi) is 9.36. The van der Waals surface area contributed by atoms with Gasteiger partial charge in [-0.15, -0.1) is 23.5 Å². The summed E-state index contributed by atoms with van der Waals surface area (Å²) in [5.74, 6) is 0.254. The smallest absolute Gasteiger partial charge is 0.314 e. The van der Waals surface area contributed by atoms with Crippen molar-refractivity contribution in [2.24, 2.45) is 0 Å². The number of carbonyl (C=O) groups is 3. The number of rotatable bonds is 8. The van der Waals surface area contributed by atoms with Crippen LogP contribution in [0.4, 0.5) is 10.5 Å². The number of fused-ring (bicyclic) bond motifs is 1. The molecule has 3 aromatic rings. The summed E-state index contributed by atoms with van der Waals surface area (Å²) in [5, 5.41) is 8.33. The molecule has 9 heteroatoms. The van der Waals surface area contributed by atoms with E-state index >= 15 is 0 Å². The second kappa shape index (κ2) is 12.9. The normalized spacial score (nSPS) is 14.9. The fourth-order valence-electron chi connectivity index (χ4n) is 4.27. The Labute approximate surface area is 232 Å². The van der Waals surface area contributed by atoms with Crippen LogP contribution in [0, 0.1) is 0 Å². The first-order chi connectivity index (χ1) is 18.4. The molecule has 7 nitrogen and oxygen atoms in total. The zero-order valence-electron chi connectivity index (χ0n) is 21.7. The number of hydrogen-bond acceptors (Lipinski definition) is 5. The number of nitrogens with one attached hydrogen (secondary N) is 3. The molecule has 1 atom stereocenters. The topological polar surface area (TPSA) is 90.5 Å². The second-order valence-electron chi connectivity index (χ2n) is 8.83. The molecule has 0 radical (unpaired) electrons. The molecule has 3 N–H and O–H groups in total. The fraction of sp³-hybridized carbons (Fsp3) is 0.276. The van der Waals surface area contributed by atoms with Crippen LogP contribution in [0.3, 0.4) is 0 Å². The summed E-state index contributed by atoms with van der Waals surface area (Å²) in [4.78, 5) is 41.4. The van der Waals surface area contributed by atoms with Gasteiger partial charge in [0.2, 0.25) is 5.91 Å². The minimum absolute atomic E-state index is 0.107. The molecule has 0 aliphatic carbocycles. The maximum atomic E-state index is 13.7. The molecule has 3 aromatic carbocycles. The van der Waals surface area contributed by atoms with E-state index in [9.17, 15) is 14.4 Å². The standard InChI is InChI=1S/C29H32N4O3S2/c1-4-27(34)32-24-18-38-26-15-22(37-3)13-14-25(26)33(28(24)35)17-19-9-11-20(12-10-19)23-8-6-5-7-21(23)16-31-29(36)30-2/h5-15,24H,4,16-18H2,1-3H3,(H,32,34)(H2,30,31,36)/t24-/m1/s1. The maximum Gasteiger partial charge on any atom is 0.314 e. The number of urea groups is 1. The van der Waals surface area contributed by atoms with E-state index in [2.05, 4.69) is 22.0 Å². The van der Waals surface area contributed by atoms with E-state index in [1.807, 2.05) is 66.9 Å². The van der Waals surface area contributed by atoms with Gasteiger partial charge in [0.15, 0.2) is 0 Å². The van der Waals surface area contributed by atoms with Crippen molar-refractivity contribution in [2.75, 3.05) is 24.0 Å². The van der Waals surface area contributed by atoms with Crippen LogP contribution in [0.2, 0.25) is 0 Å². The first kappa shape index (κ1) is 27.6. The molecule has 1 aliphatic heterocycles. The number of anilines is 1. The SMILES string of the molecule is CCC(=O)N[C@@H]1CSc2cc(SC)ccc2N(Cc2ccc(-c3ccccc3CNC(=O)NC)cc2)C1=O. The van der Waals surface area contributed by atoms with Crippen LogP contribution in [-0.2, 0) is 22.7 Å². The summed E-state index contributed by atoms with van der Waals surface area (Å²) in [6.07, 6.45) is 2.37. The quantitative estimate of drug-likeness (QED) is 0.343. The van der Waals surface area contributed by atoms with Gasteiger partial charge >= 0.3 is 6.03 Å². The predicted octanol–water partition coefficient (Wildman–Crippen LogP) is 5.04. The molecular weight excluding hydrogens is 516 g/mol. The molecule has 0 aromatic heterocycles. The second-order valence-corrected chi connectivity index (χ2v) is 10.8. The zero-order valence-corrected chi connectivity index (χ0v) is 23.4. The summed E-state index contributed by atoms with van der Waals surface area (Å²) in [7, 11) is 1.59. The van der Waals surface area contributed by atoms with Crippen molar-refractivity contribution >= 4 is 47.1 Å². The molecule has 0 saturated carbocycles. The van der Waals surface area contributed by atoms with Gasteiger partial charge in [-0.25, -0.2) is 4.79 Å². The number of nitrogens with zero attached hydrogens (tertiary/aromatic N) is 1. The van der Waals surface area contributed by atoms with Gasteiger partial charge in [0.25, 0.3) is 5.91 Å². The molecule has 0 unspecified atom stereocenters. The number of hydrogen-bond donors (Lipinski definition) is 3. The largest absolute Gasteiger partial charge is 0.343 e.